The molecule has 0 aliphatic rings. The van der Waals surface area contributed by atoms with Crippen molar-refractivity contribution in [1.29, 1.82) is 0 Å². The summed E-state index contributed by atoms with van der Waals surface area (Å²) >= 11 is 0. The zero-order valence-electron chi connectivity index (χ0n) is 16.2. The molecule has 0 heterocycles. The molecule has 0 radical (unpaired) electrons. The van der Waals surface area contributed by atoms with E-state index in [0.29, 0.717) is 35.1 Å². The average Bonchev–Trinajstić information content (AvgIpc) is 2.71. The smallest absolute Gasteiger partial charge is 0.168 e. The van der Waals surface area contributed by atoms with Gasteiger partial charge in [0, 0.05) is 17.3 Å². The van der Waals surface area contributed by atoms with Crippen LogP contribution < -0.4 is 19.9 Å². The van der Waals surface area contributed by atoms with Crippen LogP contribution >= 0.6 is 0 Å². The van der Waals surface area contributed by atoms with E-state index in [1.54, 1.807) is 26.4 Å². The number of nitrogens with two attached hydrogens (primary N) is 1. The first-order valence-electron chi connectivity index (χ1n) is 8.87. The second-order valence-electron chi connectivity index (χ2n) is 6.35. The maximum atomic E-state index is 12.1. The first-order chi connectivity index (χ1) is 13.5. The van der Waals surface area contributed by atoms with Gasteiger partial charge in [-0.25, -0.2) is 0 Å². The molecule has 0 aromatic heterocycles. The molecular weight excluding hydrogens is 354 g/mol. The monoisotopic (exact) mass is 377 g/mol. The second-order valence-corrected chi connectivity index (χ2v) is 6.35. The van der Waals surface area contributed by atoms with Gasteiger partial charge >= 0.3 is 0 Å². The number of benzene rings is 3. The number of hydrogen-bond donors (Lipinski definition) is 1. The van der Waals surface area contributed by atoms with Crippen molar-refractivity contribution < 1.29 is 19.0 Å². The Morgan fingerprint density at radius 3 is 2.32 bits per heavy atom. The highest BCUT2D eigenvalue weighted by Crippen LogP contribution is 2.41. The van der Waals surface area contributed by atoms with Crippen molar-refractivity contribution in [3.63, 3.8) is 0 Å². The molecule has 0 aliphatic carbocycles. The van der Waals surface area contributed by atoms with Gasteiger partial charge in [0.05, 0.1) is 19.8 Å². The number of ketones is 1. The molecule has 2 N–H and O–H groups in total. The lowest BCUT2D eigenvalue weighted by Gasteiger charge is -2.16. The zero-order valence-corrected chi connectivity index (χ0v) is 16.2. The number of anilines is 1. The van der Waals surface area contributed by atoms with Crippen LogP contribution in [-0.2, 0) is 6.61 Å². The number of methoxy groups -OCH3 is 2. The number of nitrogen functional groups attached to an aromatic ring is 1. The van der Waals surface area contributed by atoms with E-state index in [-0.39, 0.29) is 5.78 Å². The van der Waals surface area contributed by atoms with Crippen LogP contribution in [0.25, 0.3) is 11.1 Å². The van der Waals surface area contributed by atoms with Crippen LogP contribution in [0.1, 0.15) is 22.8 Å². The summed E-state index contributed by atoms with van der Waals surface area (Å²) < 4.78 is 16.9. The first kappa shape index (κ1) is 19.3. The third-order valence-corrected chi connectivity index (χ3v) is 4.41. The van der Waals surface area contributed by atoms with Gasteiger partial charge in [-0.05, 0) is 36.2 Å². The Bertz CT molecular complexity index is 983. The van der Waals surface area contributed by atoms with Crippen LogP contribution in [0.4, 0.5) is 5.69 Å². The Morgan fingerprint density at radius 1 is 0.929 bits per heavy atom. The Hall–Kier alpha value is -3.47. The zero-order chi connectivity index (χ0) is 20.1. The Kier molecular flexibility index (Phi) is 5.84. The summed E-state index contributed by atoms with van der Waals surface area (Å²) in [5.41, 5.74) is 9.70. The van der Waals surface area contributed by atoms with Gasteiger partial charge in [-0.1, -0.05) is 36.4 Å². The van der Waals surface area contributed by atoms with Crippen molar-refractivity contribution in [2.24, 2.45) is 0 Å². The van der Waals surface area contributed by atoms with Gasteiger partial charge in [0.2, 0.25) is 0 Å². The number of carbonyl (C=O) groups is 1. The fraction of sp³-hybridized carbons (Fsp3) is 0.174. The Balaban J connectivity index is 2.04. The summed E-state index contributed by atoms with van der Waals surface area (Å²) in [6.07, 6.45) is 0. The fourth-order valence-corrected chi connectivity index (χ4v) is 3.04. The van der Waals surface area contributed by atoms with E-state index in [4.69, 9.17) is 19.9 Å². The molecule has 0 aliphatic heterocycles. The standard InChI is InChI=1S/C23H23NO4/c1-15(25)19-10-9-17(11-21(19)28-14-16-7-5-4-6-8-16)20-12-18(24)13-22(26-2)23(20)27-3/h4-13H,14,24H2,1-3H3. The fourth-order valence-electron chi connectivity index (χ4n) is 3.04. The third kappa shape index (κ3) is 4.09. The lowest BCUT2D eigenvalue weighted by atomic mass is 9.99. The van der Waals surface area contributed by atoms with E-state index >= 15 is 0 Å². The summed E-state index contributed by atoms with van der Waals surface area (Å²) in [6.45, 7) is 1.89. The second kappa shape index (κ2) is 8.48. The normalized spacial score (nSPS) is 10.4. The summed E-state index contributed by atoms with van der Waals surface area (Å²) in [5.74, 6) is 1.56. The summed E-state index contributed by atoms with van der Waals surface area (Å²) in [6, 6.07) is 18.8. The molecule has 3 aromatic rings. The molecule has 0 atom stereocenters. The van der Waals surface area contributed by atoms with Gasteiger partial charge in [-0.15, -0.1) is 0 Å². The highest BCUT2D eigenvalue weighted by atomic mass is 16.5. The van der Waals surface area contributed by atoms with E-state index < -0.39 is 0 Å². The molecule has 0 amide bonds. The molecule has 28 heavy (non-hydrogen) atoms. The molecular formula is C23H23NO4. The molecule has 3 aromatic carbocycles. The van der Waals surface area contributed by atoms with E-state index in [9.17, 15) is 4.79 Å². The molecule has 5 nitrogen and oxygen atoms in total. The van der Waals surface area contributed by atoms with E-state index in [0.717, 1.165) is 16.7 Å². The Morgan fingerprint density at radius 2 is 1.68 bits per heavy atom. The predicted octanol–water partition coefficient (Wildman–Crippen LogP) is 4.73. The van der Waals surface area contributed by atoms with Gasteiger partial charge in [0.25, 0.3) is 0 Å². The largest absolute Gasteiger partial charge is 0.493 e. The maximum Gasteiger partial charge on any atom is 0.168 e. The molecule has 3 rings (SSSR count). The number of Topliss-reactive ketones (excluding diaryl/α,β-unsaturated/α-hetero) is 1. The van der Waals surface area contributed by atoms with E-state index in [2.05, 4.69) is 0 Å². The van der Waals surface area contributed by atoms with Crippen molar-refractivity contribution in [2.75, 3.05) is 20.0 Å². The molecule has 0 unspecified atom stereocenters. The highest BCUT2D eigenvalue weighted by molar-refractivity contribution is 5.97. The van der Waals surface area contributed by atoms with Crippen molar-refractivity contribution in [3.8, 4) is 28.4 Å². The van der Waals surface area contributed by atoms with Crippen LogP contribution in [0, 0.1) is 0 Å². The minimum atomic E-state index is -0.0632. The van der Waals surface area contributed by atoms with Gasteiger partial charge in [0.1, 0.15) is 12.4 Å². The van der Waals surface area contributed by atoms with Crippen molar-refractivity contribution >= 4 is 11.5 Å². The quantitative estimate of drug-likeness (QED) is 0.476. The van der Waals surface area contributed by atoms with Crippen LogP contribution in [0.2, 0.25) is 0 Å². The van der Waals surface area contributed by atoms with Crippen LogP contribution in [-0.4, -0.2) is 20.0 Å². The molecule has 0 saturated heterocycles. The van der Waals surface area contributed by atoms with Crippen LogP contribution in [0.5, 0.6) is 17.2 Å². The van der Waals surface area contributed by atoms with Crippen molar-refractivity contribution in [3.05, 3.63) is 71.8 Å². The van der Waals surface area contributed by atoms with Crippen LogP contribution in [0.3, 0.4) is 0 Å². The minimum Gasteiger partial charge on any atom is -0.493 e. The lowest BCUT2D eigenvalue weighted by Crippen LogP contribution is -2.02. The average molecular weight is 377 g/mol. The molecule has 5 heteroatoms. The number of carbonyl (C=O) groups excluding carboxylic acids is 1. The number of rotatable bonds is 7. The lowest BCUT2D eigenvalue weighted by molar-refractivity contribution is 0.101. The molecule has 0 fully saturated rings. The third-order valence-electron chi connectivity index (χ3n) is 4.41. The van der Waals surface area contributed by atoms with Gasteiger partial charge in [0.15, 0.2) is 17.3 Å². The van der Waals surface area contributed by atoms with Crippen LogP contribution in [0.15, 0.2) is 60.7 Å². The van der Waals surface area contributed by atoms with Gasteiger partial charge in [-0.2, -0.15) is 0 Å². The van der Waals surface area contributed by atoms with Crippen molar-refractivity contribution in [1.82, 2.24) is 0 Å². The predicted molar refractivity (Wildman–Crippen MR) is 110 cm³/mol. The maximum absolute atomic E-state index is 12.1. The molecule has 0 bridgehead atoms. The summed E-state index contributed by atoms with van der Waals surface area (Å²) in [4.78, 5) is 12.1. The number of hydrogen-bond acceptors (Lipinski definition) is 5. The highest BCUT2D eigenvalue weighted by Gasteiger charge is 2.17. The Labute approximate surface area is 164 Å². The number of ether oxygens (including phenoxy) is 3. The van der Waals surface area contributed by atoms with E-state index in [1.807, 2.05) is 48.5 Å². The molecule has 144 valence electrons. The van der Waals surface area contributed by atoms with E-state index in [1.165, 1.54) is 6.92 Å². The van der Waals surface area contributed by atoms with Gasteiger partial charge in [-0.3, -0.25) is 4.79 Å². The van der Waals surface area contributed by atoms with Gasteiger partial charge < -0.3 is 19.9 Å². The first-order valence-corrected chi connectivity index (χ1v) is 8.87. The SMILES string of the molecule is COc1cc(N)cc(-c2ccc(C(C)=O)c(OCc3ccccc3)c2)c1OC. The summed E-state index contributed by atoms with van der Waals surface area (Å²) in [7, 11) is 3.14. The summed E-state index contributed by atoms with van der Waals surface area (Å²) in [5, 5.41) is 0. The topological polar surface area (TPSA) is 70.8 Å². The minimum absolute atomic E-state index is 0.0632. The molecule has 0 spiro atoms. The van der Waals surface area contributed by atoms with Crippen molar-refractivity contribution in [2.45, 2.75) is 13.5 Å². The molecule has 0 saturated carbocycles.